The molecule has 5 nitrogen and oxygen atoms in total. The molecule has 2 rings (SSSR count). The summed E-state index contributed by atoms with van der Waals surface area (Å²) >= 11 is 3.34. The van der Waals surface area contributed by atoms with E-state index in [0.29, 0.717) is 16.6 Å². The Hall–Kier alpha value is -1.29. The van der Waals surface area contributed by atoms with Gasteiger partial charge in [0.25, 0.3) is 0 Å². The molecule has 1 fully saturated rings. The second kappa shape index (κ2) is 6.93. The first-order chi connectivity index (χ1) is 9.67. The van der Waals surface area contributed by atoms with Gasteiger partial charge in [0.2, 0.25) is 0 Å². The number of benzene rings is 1. The normalized spacial score (nSPS) is 17.4. The number of ether oxygens (including phenoxy) is 1. The summed E-state index contributed by atoms with van der Waals surface area (Å²) in [5.74, 6) is 0.514. The molecule has 0 unspecified atom stereocenters. The van der Waals surface area contributed by atoms with Gasteiger partial charge in [-0.2, -0.15) is 5.26 Å². The topological polar surface area (TPSA) is 68.5 Å². The summed E-state index contributed by atoms with van der Waals surface area (Å²) in [6.07, 6.45) is 0.417. The average Bonchev–Trinajstić information content (AvgIpc) is 2.48. The molecular formula is C14H18BrN3O2. The van der Waals surface area contributed by atoms with Gasteiger partial charge in [0.1, 0.15) is 0 Å². The van der Waals surface area contributed by atoms with Crippen LogP contribution >= 0.6 is 15.9 Å². The van der Waals surface area contributed by atoms with Gasteiger partial charge in [-0.1, -0.05) is 0 Å². The molecule has 0 aromatic heterocycles. The largest absolute Gasteiger partial charge is 0.503 e. The summed E-state index contributed by atoms with van der Waals surface area (Å²) in [4.78, 5) is 2.29. The molecule has 6 heteroatoms. The van der Waals surface area contributed by atoms with Gasteiger partial charge in [0, 0.05) is 32.2 Å². The molecule has 1 atom stereocenters. The molecule has 20 heavy (non-hydrogen) atoms. The molecule has 0 amide bonds. The summed E-state index contributed by atoms with van der Waals surface area (Å²) in [6.45, 7) is 3.68. The third-order valence-electron chi connectivity index (χ3n) is 3.53. The van der Waals surface area contributed by atoms with E-state index >= 15 is 0 Å². The van der Waals surface area contributed by atoms with E-state index in [-0.39, 0.29) is 11.8 Å². The third-order valence-corrected chi connectivity index (χ3v) is 4.14. The summed E-state index contributed by atoms with van der Waals surface area (Å²) in [7, 11) is 1.52. The average molecular weight is 340 g/mol. The lowest BCUT2D eigenvalue weighted by Crippen LogP contribution is -2.45. The van der Waals surface area contributed by atoms with E-state index in [0.717, 1.165) is 31.7 Å². The maximum Gasteiger partial charge on any atom is 0.172 e. The molecule has 1 heterocycles. The number of rotatable bonds is 4. The number of hydrogen-bond donors (Lipinski definition) is 2. The first kappa shape index (κ1) is 15.1. The Morgan fingerprint density at radius 1 is 1.50 bits per heavy atom. The number of phenolic OH excluding ortho intramolecular Hbond substituents is 1. The van der Waals surface area contributed by atoms with E-state index in [2.05, 4.69) is 32.2 Å². The van der Waals surface area contributed by atoms with Crippen LogP contribution in [0.1, 0.15) is 18.0 Å². The number of piperazine rings is 1. The number of nitrogens with one attached hydrogen (secondary N) is 1. The Kier molecular flexibility index (Phi) is 5.24. The number of methoxy groups -OCH3 is 1. The number of nitriles is 1. The van der Waals surface area contributed by atoms with Crippen LogP contribution in [0.4, 0.5) is 0 Å². The van der Waals surface area contributed by atoms with Gasteiger partial charge in [-0.25, -0.2) is 0 Å². The second-order valence-corrected chi connectivity index (χ2v) is 5.57. The summed E-state index contributed by atoms with van der Waals surface area (Å²) in [5.41, 5.74) is 0.981. The molecule has 0 saturated carbocycles. The fraction of sp³-hybridized carbons (Fsp3) is 0.500. The fourth-order valence-corrected chi connectivity index (χ4v) is 2.94. The van der Waals surface area contributed by atoms with Crippen LogP contribution in [0, 0.1) is 11.3 Å². The minimum absolute atomic E-state index is 0.0212. The van der Waals surface area contributed by atoms with Crippen molar-refractivity contribution in [3.05, 3.63) is 22.2 Å². The maximum atomic E-state index is 9.88. The molecule has 0 bridgehead atoms. The van der Waals surface area contributed by atoms with Gasteiger partial charge in [-0.3, -0.25) is 4.90 Å². The highest BCUT2D eigenvalue weighted by molar-refractivity contribution is 9.10. The number of nitrogens with zero attached hydrogens (tertiary/aromatic N) is 2. The van der Waals surface area contributed by atoms with Gasteiger partial charge in [-0.05, 0) is 33.6 Å². The molecule has 1 aliphatic rings. The first-order valence-electron chi connectivity index (χ1n) is 6.55. The molecule has 1 saturated heterocycles. The van der Waals surface area contributed by atoms with Crippen LogP contribution in [-0.2, 0) is 0 Å². The lowest BCUT2D eigenvalue weighted by Gasteiger charge is -2.34. The Morgan fingerprint density at radius 3 is 2.80 bits per heavy atom. The van der Waals surface area contributed by atoms with E-state index in [1.54, 1.807) is 0 Å². The van der Waals surface area contributed by atoms with Gasteiger partial charge < -0.3 is 15.2 Å². The lowest BCUT2D eigenvalue weighted by atomic mass is 10.0. The van der Waals surface area contributed by atoms with Gasteiger partial charge >= 0.3 is 0 Å². The number of aromatic hydroxyl groups is 1. The van der Waals surface area contributed by atoms with Crippen molar-refractivity contribution in [2.45, 2.75) is 12.5 Å². The summed E-state index contributed by atoms with van der Waals surface area (Å²) in [6, 6.07) is 5.95. The van der Waals surface area contributed by atoms with Crippen molar-refractivity contribution in [1.29, 1.82) is 5.26 Å². The minimum Gasteiger partial charge on any atom is -0.503 e. The molecule has 1 aromatic carbocycles. The fourth-order valence-electron chi connectivity index (χ4n) is 2.48. The highest BCUT2D eigenvalue weighted by Crippen LogP contribution is 2.38. The van der Waals surface area contributed by atoms with Crippen molar-refractivity contribution in [3.63, 3.8) is 0 Å². The van der Waals surface area contributed by atoms with E-state index in [1.807, 2.05) is 12.1 Å². The van der Waals surface area contributed by atoms with E-state index in [1.165, 1.54) is 7.11 Å². The number of halogens is 1. The third kappa shape index (κ3) is 3.23. The predicted molar refractivity (Wildman–Crippen MR) is 79.8 cm³/mol. The number of hydrogen-bond acceptors (Lipinski definition) is 5. The molecule has 1 aliphatic heterocycles. The molecule has 0 aliphatic carbocycles. The second-order valence-electron chi connectivity index (χ2n) is 4.72. The van der Waals surface area contributed by atoms with Crippen LogP contribution in [0.5, 0.6) is 11.5 Å². The Morgan fingerprint density at radius 2 is 2.20 bits per heavy atom. The molecule has 1 aromatic rings. The van der Waals surface area contributed by atoms with E-state index in [9.17, 15) is 5.11 Å². The van der Waals surface area contributed by atoms with Gasteiger partial charge in [-0.15, -0.1) is 0 Å². The molecule has 0 radical (unpaired) electrons. The quantitative estimate of drug-likeness (QED) is 0.878. The van der Waals surface area contributed by atoms with Crippen LogP contribution in [0.15, 0.2) is 16.6 Å². The van der Waals surface area contributed by atoms with Gasteiger partial charge in [0.15, 0.2) is 11.5 Å². The zero-order valence-corrected chi connectivity index (χ0v) is 13.0. The van der Waals surface area contributed by atoms with Crippen molar-refractivity contribution < 1.29 is 9.84 Å². The first-order valence-corrected chi connectivity index (χ1v) is 7.34. The van der Waals surface area contributed by atoms with Crippen molar-refractivity contribution in [2.75, 3.05) is 33.3 Å². The summed E-state index contributed by atoms with van der Waals surface area (Å²) in [5, 5.41) is 22.3. The van der Waals surface area contributed by atoms with E-state index < -0.39 is 0 Å². The molecule has 0 spiro atoms. The van der Waals surface area contributed by atoms with Crippen LogP contribution in [0.25, 0.3) is 0 Å². The smallest absolute Gasteiger partial charge is 0.172 e. The minimum atomic E-state index is 0.0212. The Balaban J connectivity index is 2.33. The Labute approximate surface area is 127 Å². The molecular weight excluding hydrogens is 322 g/mol. The number of phenols is 1. The van der Waals surface area contributed by atoms with Crippen LogP contribution in [-0.4, -0.2) is 43.3 Å². The van der Waals surface area contributed by atoms with Crippen LogP contribution in [0.2, 0.25) is 0 Å². The van der Waals surface area contributed by atoms with Crippen molar-refractivity contribution in [1.82, 2.24) is 10.2 Å². The maximum absolute atomic E-state index is 9.88. The van der Waals surface area contributed by atoms with Gasteiger partial charge in [0.05, 0.1) is 24.1 Å². The molecule has 108 valence electrons. The van der Waals surface area contributed by atoms with Crippen LogP contribution in [0.3, 0.4) is 0 Å². The highest BCUT2D eigenvalue weighted by Gasteiger charge is 2.24. The van der Waals surface area contributed by atoms with Crippen LogP contribution < -0.4 is 10.1 Å². The zero-order chi connectivity index (χ0) is 14.5. The zero-order valence-electron chi connectivity index (χ0n) is 11.4. The SMILES string of the molecule is COc1cc([C@H](CC#N)N2CCNCC2)cc(Br)c1O. The molecule has 2 N–H and O–H groups in total. The Bertz CT molecular complexity index is 510. The predicted octanol–water partition coefficient (Wildman–Crippen LogP) is 2.02. The highest BCUT2D eigenvalue weighted by atomic mass is 79.9. The lowest BCUT2D eigenvalue weighted by molar-refractivity contribution is 0.175. The monoisotopic (exact) mass is 339 g/mol. The van der Waals surface area contributed by atoms with Crippen molar-refractivity contribution in [3.8, 4) is 17.6 Å². The van der Waals surface area contributed by atoms with Crippen molar-refractivity contribution >= 4 is 15.9 Å². The summed E-state index contributed by atoms with van der Waals surface area (Å²) < 4.78 is 5.78. The van der Waals surface area contributed by atoms with Crippen molar-refractivity contribution in [2.24, 2.45) is 0 Å². The standard InChI is InChI=1S/C14H18BrN3O2/c1-20-13-9-10(8-11(15)14(13)19)12(2-3-16)18-6-4-17-5-7-18/h8-9,12,17,19H,2,4-7H2,1H3/t12-/m0/s1. The van der Waals surface area contributed by atoms with E-state index in [4.69, 9.17) is 10.00 Å².